The fourth-order valence-electron chi connectivity index (χ4n) is 0.917. The Bertz CT molecular complexity index is 212. The Morgan fingerprint density at radius 3 is 2.67 bits per heavy atom. The Morgan fingerprint density at radius 2 is 2.08 bits per heavy atom. The summed E-state index contributed by atoms with van der Waals surface area (Å²) in [6.45, 7) is 1.61. The number of hydrogen-bond acceptors (Lipinski definition) is 4. The van der Waals surface area contributed by atoms with Gasteiger partial charge in [-0.25, -0.2) is 9.97 Å². The Balaban J connectivity index is 2.48. The van der Waals surface area contributed by atoms with Gasteiger partial charge in [0.25, 0.3) is 0 Å². The maximum atomic E-state index is 5.39. The van der Waals surface area contributed by atoms with Gasteiger partial charge in [0.05, 0.1) is 0 Å². The van der Waals surface area contributed by atoms with E-state index in [2.05, 4.69) is 9.97 Å². The highest BCUT2D eigenvalue weighted by Crippen LogP contribution is 2.01. The van der Waals surface area contributed by atoms with Crippen LogP contribution in [0.25, 0.3) is 0 Å². The van der Waals surface area contributed by atoms with E-state index in [1.807, 2.05) is 11.9 Å². The van der Waals surface area contributed by atoms with Gasteiger partial charge in [-0.3, -0.25) is 0 Å². The molecule has 0 aliphatic heterocycles. The summed E-state index contributed by atoms with van der Waals surface area (Å²) in [7, 11) is 1.96. The standard InChI is InChI=1S/C8H14N4/c1-12(7-2-4-9)8-10-5-3-6-11-8/h3,5-6H,2,4,7,9H2,1H3. The van der Waals surface area contributed by atoms with Crippen molar-refractivity contribution < 1.29 is 0 Å². The topological polar surface area (TPSA) is 55.0 Å². The minimum absolute atomic E-state index is 0.706. The monoisotopic (exact) mass is 166 g/mol. The molecule has 0 unspecified atom stereocenters. The minimum atomic E-state index is 0.706. The van der Waals surface area contributed by atoms with E-state index in [-0.39, 0.29) is 0 Å². The number of anilines is 1. The summed E-state index contributed by atoms with van der Waals surface area (Å²) in [5, 5.41) is 0. The fourth-order valence-corrected chi connectivity index (χ4v) is 0.917. The molecule has 0 spiro atoms. The molecule has 0 atom stereocenters. The van der Waals surface area contributed by atoms with Crippen LogP contribution in [0.5, 0.6) is 0 Å². The minimum Gasteiger partial charge on any atom is -0.344 e. The van der Waals surface area contributed by atoms with E-state index in [1.54, 1.807) is 18.5 Å². The molecule has 0 aromatic carbocycles. The SMILES string of the molecule is CN(CCCN)c1ncccn1. The second-order valence-electron chi connectivity index (χ2n) is 2.61. The lowest BCUT2D eigenvalue weighted by Gasteiger charge is -2.15. The van der Waals surface area contributed by atoms with E-state index in [0.717, 1.165) is 18.9 Å². The van der Waals surface area contributed by atoms with Crippen LogP contribution in [0.4, 0.5) is 5.95 Å². The number of nitrogens with two attached hydrogens (primary N) is 1. The Labute approximate surface area is 72.4 Å². The molecule has 66 valence electrons. The zero-order chi connectivity index (χ0) is 8.81. The van der Waals surface area contributed by atoms with E-state index in [9.17, 15) is 0 Å². The molecule has 1 rings (SSSR count). The molecule has 0 bridgehead atoms. The number of hydrogen-bond donors (Lipinski definition) is 1. The molecule has 2 N–H and O–H groups in total. The molecule has 0 saturated carbocycles. The third kappa shape index (κ3) is 2.47. The van der Waals surface area contributed by atoms with Gasteiger partial charge in [-0.15, -0.1) is 0 Å². The lowest BCUT2D eigenvalue weighted by Crippen LogP contribution is -2.22. The zero-order valence-electron chi connectivity index (χ0n) is 7.27. The predicted octanol–water partition coefficient (Wildman–Crippen LogP) is 0.262. The van der Waals surface area contributed by atoms with Crippen molar-refractivity contribution in [2.75, 3.05) is 25.0 Å². The average molecular weight is 166 g/mol. The van der Waals surface area contributed by atoms with Gasteiger partial charge in [0.2, 0.25) is 5.95 Å². The van der Waals surface area contributed by atoms with Crippen LogP contribution in [0.3, 0.4) is 0 Å². The number of aromatic nitrogens is 2. The normalized spacial score (nSPS) is 9.83. The van der Waals surface area contributed by atoms with Gasteiger partial charge in [-0.2, -0.15) is 0 Å². The predicted molar refractivity (Wildman–Crippen MR) is 49.0 cm³/mol. The second kappa shape index (κ2) is 4.66. The van der Waals surface area contributed by atoms with Crippen molar-refractivity contribution in [1.82, 2.24) is 9.97 Å². The van der Waals surface area contributed by atoms with Gasteiger partial charge >= 0.3 is 0 Å². The van der Waals surface area contributed by atoms with Crippen molar-refractivity contribution in [1.29, 1.82) is 0 Å². The first-order valence-electron chi connectivity index (χ1n) is 4.03. The summed E-state index contributed by atoms with van der Waals surface area (Å²) >= 11 is 0. The molecule has 0 amide bonds. The average Bonchev–Trinajstić information content (AvgIpc) is 2.15. The third-order valence-corrected chi connectivity index (χ3v) is 1.59. The molecule has 4 heteroatoms. The smallest absolute Gasteiger partial charge is 0.224 e. The van der Waals surface area contributed by atoms with Crippen LogP contribution in [0.2, 0.25) is 0 Å². The van der Waals surface area contributed by atoms with E-state index < -0.39 is 0 Å². The van der Waals surface area contributed by atoms with Crippen molar-refractivity contribution in [2.24, 2.45) is 5.73 Å². The summed E-state index contributed by atoms with van der Waals surface area (Å²) in [6, 6.07) is 1.81. The maximum absolute atomic E-state index is 5.39. The molecule has 0 radical (unpaired) electrons. The zero-order valence-corrected chi connectivity index (χ0v) is 7.27. The molecule has 1 heterocycles. The van der Waals surface area contributed by atoms with E-state index in [1.165, 1.54) is 0 Å². The Kier molecular flexibility index (Phi) is 3.47. The van der Waals surface area contributed by atoms with Gasteiger partial charge in [0, 0.05) is 26.0 Å². The van der Waals surface area contributed by atoms with Gasteiger partial charge in [-0.1, -0.05) is 0 Å². The lowest BCUT2D eigenvalue weighted by atomic mass is 10.4. The molecular weight excluding hydrogens is 152 g/mol. The number of rotatable bonds is 4. The van der Waals surface area contributed by atoms with Crippen LogP contribution in [0.1, 0.15) is 6.42 Å². The summed E-state index contributed by atoms with van der Waals surface area (Å²) < 4.78 is 0. The quantitative estimate of drug-likeness (QED) is 0.697. The highest BCUT2D eigenvalue weighted by atomic mass is 15.2. The van der Waals surface area contributed by atoms with Crippen LogP contribution in [0, 0.1) is 0 Å². The molecule has 0 fully saturated rings. The maximum Gasteiger partial charge on any atom is 0.224 e. The highest BCUT2D eigenvalue weighted by molar-refractivity contribution is 5.25. The molecule has 12 heavy (non-hydrogen) atoms. The van der Waals surface area contributed by atoms with Crippen LogP contribution in [0.15, 0.2) is 18.5 Å². The van der Waals surface area contributed by atoms with Gasteiger partial charge in [0.1, 0.15) is 0 Å². The summed E-state index contributed by atoms with van der Waals surface area (Å²) in [5.74, 6) is 0.756. The van der Waals surface area contributed by atoms with Crippen LogP contribution in [-0.4, -0.2) is 30.1 Å². The molecule has 1 aromatic heterocycles. The summed E-state index contributed by atoms with van der Waals surface area (Å²) in [6.07, 6.45) is 4.44. The molecule has 4 nitrogen and oxygen atoms in total. The lowest BCUT2D eigenvalue weighted by molar-refractivity contribution is 0.775. The van der Waals surface area contributed by atoms with Crippen molar-refractivity contribution in [2.45, 2.75) is 6.42 Å². The summed E-state index contributed by atoms with van der Waals surface area (Å²) in [4.78, 5) is 10.2. The Hall–Kier alpha value is -1.16. The Morgan fingerprint density at radius 1 is 1.42 bits per heavy atom. The summed E-state index contributed by atoms with van der Waals surface area (Å²) in [5.41, 5.74) is 5.39. The molecule has 0 saturated heterocycles. The van der Waals surface area contributed by atoms with Crippen LogP contribution >= 0.6 is 0 Å². The third-order valence-electron chi connectivity index (χ3n) is 1.59. The fraction of sp³-hybridized carbons (Fsp3) is 0.500. The van der Waals surface area contributed by atoms with Gasteiger partial charge in [-0.05, 0) is 19.0 Å². The first-order valence-corrected chi connectivity index (χ1v) is 4.03. The second-order valence-corrected chi connectivity index (χ2v) is 2.61. The molecule has 0 aliphatic carbocycles. The van der Waals surface area contributed by atoms with Gasteiger partial charge in [0.15, 0.2) is 0 Å². The first kappa shape index (κ1) is 8.93. The largest absolute Gasteiger partial charge is 0.344 e. The van der Waals surface area contributed by atoms with E-state index in [4.69, 9.17) is 5.73 Å². The highest BCUT2D eigenvalue weighted by Gasteiger charge is 2.00. The van der Waals surface area contributed by atoms with Crippen molar-refractivity contribution in [3.8, 4) is 0 Å². The van der Waals surface area contributed by atoms with Crippen molar-refractivity contribution in [3.05, 3.63) is 18.5 Å². The van der Waals surface area contributed by atoms with E-state index >= 15 is 0 Å². The molecular formula is C8H14N4. The van der Waals surface area contributed by atoms with Crippen molar-refractivity contribution >= 4 is 5.95 Å². The van der Waals surface area contributed by atoms with Crippen LogP contribution < -0.4 is 10.6 Å². The van der Waals surface area contributed by atoms with Gasteiger partial charge < -0.3 is 10.6 Å². The number of nitrogens with zero attached hydrogens (tertiary/aromatic N) is 3. The van der Waals surface area contributed by atoms with Crippen LogP contribution in [-0.2, 0) is 0 Å². The molecule has 0 aliphatic rings. The van der Waals surface area contributed by atoms with Crippen molar-refractivity contribution in [3.63, 3.8) is 0 Å². The van der Waals surface area contributed by atoms with E-state index in [0.29, 0.717) is 6.54 Å². The first-order chi connectivity index (χ1) is 5.84. The molecule has 1 aromatic rings.